The Morgan fingerprint density at radius 2 is 1.79 bits per heavy atom. The van der Waals surface area contributed by atoms with Crippen LogP contribution in [0.4, 0.5) is 0 Å². The van der Waals surface area contributed by atoms with Gasteiger partial charge in [0.1, 0.15) is 17.4 Å². The monoisotopic (exact) mass is 322 g/mol. The molecule has 0 saturated heterocycles. The smallest absolute Gasteiger partial charge is 0.342 e. The van der Waals surface area contributed by atoms with Gasteiger partial charge in [0.15, 0.2) is 0 Å². The lowest BCUT2D eigenvalue weighted by molar-refractivity contribution is -0.133. The van der Waals surface area contributed by atoms with Gasteiger partial charge in [-0.25, -0.2) is 4.79 Å². The van der Waals surface area contributed by atoms with E-state index in [1.807, 2.05) is 48.5 Å². The molecule has 3 heteroatoms. The molecule has 2 aromatic carbocycles. The van der Waals surface area contributed by atoms with Gasteiger partial charge in [0.25, 0.3) is 0 Å². The van der Waals surface area contributed by atoms with Crippen LogP contribution < -0.4 is 0 Å². The molecule has 1 heterocycles. The lowest BCUT2D eigenvalue weighted by Crippen LogP contribution is -2.07. The summed E-state index contributed by atoms with van der Waals surface area (Å²) in [6, 6.07) is 17.7. The zero-order valence-corrected chi connectivity index (χ0v) is 14.1. The number of unbranched alkanes of at least 4 members (excludes halogenated alkanes) is 1. The second kappa shape index (κ2) is 7.35. The molecule has 0 radical (unpaired) electrons. The highest BCUT2D eigenvalue weighted by Gasteiger charge is 2.32. The number of fused-ring (bicyclic) bond motifs is 1. The molecule has 0 bridgehead atoms. The van der Waals surface area contributed by atoms with Crippen molar-refractivity contribution in [1.82, 2.24) is 0 Å². The number of rotatable bonds is 5. The summed E-state index contributed by atoms with van der Waals surface area (Å²) in [6.07, 6.45) is 3.15. The minimum absolute atomic E-state index is 0.000446. The largest absolute Gasteiger partial charge is 0.484 e. The third kappa shape index (κ3) is 3.07. The van der Waals surface area contributed by atoms with E-state index in [2.05, 4.69) is 13.0 Å². The lowest BCUT2D eigenvalue weighted by atomic mass is 9.97. The summed E-state index contributed by atoms with van der Waals surface area (Å²) < 4.78 is 11.3. The van der Waals surface area contributed by atoms with Crippen LogP contribution >= 0.6 is 0 Å². The van der Waals surface area contributed by atoms with E-state index in [1.165, 1.54) is 7.11 Å². The first-order valence-electron chi connectivity index (χ1n) is 8.40. The van der Waals surface area contributed by atoms with Crippen LogP contribution in [0.15, 0.2) is 54.6 Å². The van der Waals surface area contributed by atoms with E-state index >= 15 is 0 Å². The number of hydrogen-bond donors (Lipinski definition) is 0. The molecule has 0 aromatic heterocycles. The zero-order chi connectivity index (χ0) is 16.9. The molecule has 1 aliphatic heterocycles. The van der Waals surface area contributed by atoms with Crippen molar-refractivity contribution in [2.45, 2.75) is 32.3 Å². The molecule has 124 valence electrons. The second-order valence-corrected chi connectivity index (χ2v) is 5.90. The third-order valence-corrected chi connectivity index (χ3v) is 4.31. The van der Waals surface area contributed by atoms with Crippen LogP contribution in [0.5, 0.6) is 0 Å². The van der Waals surface area contributed by atoms with Gasteiger partial charge in [-0.05, 0) is 18.4 Å². The predicted molar refractivity (Wildman–Crippen MR) is 95.1 cm³/mol. The number of ether oxygens (including phenoxy) is 2. The Morgan fingerprint density at radius 3 is 2.50 bits per heavy atom. The third-order valence-electron chi connectivity index (χ3n) is 4.31. The second-order valence-electron chi connectivity index (χ2n) is 5.90. The normalized spacial score (nSPS) is 17.8. The molecule has 3 nitrogen and oxygen atoms in total. The van der Waals surface area contributed by atoms with Crippen molar-refractivity contribution in [3.63, 3.8) is 0 Å². The average molecular weight is 322 g/mol. The van der Waals surface area contributed by atoms with Crippen molar-refractivity contribution in [2.24, 2.45) is 0 Å². The highest BCUT2D eigenvalue weighted by molar-refractivity contribution is 6.24. The minimum Gasteiger partial charge on any atom is -0.484 e. The van der Waals surface area contributed by atoms with Gasteiger partial charge in [-0.2, -0.15) is 0 Å². The Bertz CT molecular complexity index is 747. The fourth-order valence-electron chi connectivity index (χ4n) is 3.10. The van der Waals surface area contributed by atoms with E-state index in [0.29, 0.717) is 11.3 Å². The molecular weight excluding hydrogens is 300 g/mol. The molecule has 1 aliphatic rings. The van der Waals surface area contributed by atoms with Gasteiger partial charge in [-0.3, -0.25) is 0 Å². The van der Waals surface area contributed by atoms with Crippen LogP contribution in [0.3, 0.4) is 0 Å². The fourth-order valence-corrected chi connectivity index (χ4v) is 3.10. The standard InChI is InChI=1S/C21H22O3/c1-3-4-14-18-16-12-8-9-13-17(16)20(24-18)19(21(22)23-2)15-10-6-5-7-11-15/h5-13,18H,3-4,14H2,1-2H3/b20-19+. The van der Waals surface area contributed by atoms with E-state index < -0.39 is 0 Å². The summed E-state index contributed by atoms with van der Waals surface area (Å²) in [6.45, 7) is 2.17. The van der Waals surface area contributed by atoms with Gasteiger partial charge in [0.2, 0.25) is 0 Å². The summed E-state index contributed by atoms with van der Waals surface area (Å²) in [5.74, 6) is 0.256. The Labute approximate surface area is 142 Å². The summed E-state index contributed by atoms with van der Waals surface area (Å²) in [5.41, 5.74) is 3.44. The maximum Gasteiger partial charge on any atom is 0.342 e. The van der Waals surface area contributed by atoms with Crippen molar-refractivity contribution in [1.29, 1.82) is 0 Å². The van der Waals surface area contributed by atoms with E-state index in [4.69, 9.17) is 9.47 Å². The predicted octanol–water partition coefficient (Wildman–Crippen LogP) is 4.99. The zero-order valence-electron chi connectivity index (χ0n) is 14.1. The van der Waals surface area contributed by atoms with Gasteiger partial charge in [-0.15, -0.1) is 0 Å². The maximum absolute atomic E-state index is 12.5. The minimum atomic E-state index is -0.373. The number of methoxy groups -OCH3 is 1. The number of hydrogen-bond acceptors (Lipinski definition) is 3. The number of carbonyl (C=O) groups excluding carboxylic acids is 1. The van der Waals surface area contributed by atoms with Crippen LogP contribution in [0, 0.1) is 0 Å². The Hall–Kier alpha value is -2.55. The SMILES string of the molecule is CCCCC1O/C(=C(/C(=O)OC)c2ccccc2)c2ccccc21. The molecule has 2 aromatic rings. The molecule has 24 heavy (non-hydrogen) atoms. The highest BCUT2D eigenvalue weighted by Crippen LogP contribution is 2.44. The van der Waals surface area contributed by atoms with E-state index in [-0.39, 0.29) is 12.1 Å². The van der Waals surface area contributed by atoms with Crippen molar-refractivity contribution in [3.8, 4) is 0 Å². The summed E-state index contributed by atoms with van der Waals surface area (Å²) in [7, 11) is 1.40. The lowest BCUT2D eigenvalue weighted by Gasteiger charge is -2.14. The van der Waals surface area contributed by atoms with Crippen LogP contribution in [0.2, 0.25) is 0 Å². The molecule has 0 fully saturated rings. The van der Waals surface area contributed by atoms with Gasteiger partial charge < -0.3 is 9.47 Å². The Balaban J connectivity index is 2.13. The molecule has 3 rings (SSSR count). The highest BCUT2D eigenvalue weighted by atomic mass is 16.5. The summed E-state index contributed by atoms with van der Waals surface area (Å²) in [4.78, 5) is 12.5. The first-order chi connectivity index (χ1) is 11.8. The first kappa shape index (κ1) is 16.3. The molecule has 0 saturated carbocycles. The molecule has 0 aliphatic carbocycles. The van der Waals surface area contributed by atoms with Crippen LogP contribution in [0.1, 0.15) is 49.0 Å². The maximum atomic E-state index is 12.5. The molecule has 1 unspecified atom stereocenters. The van der Waals surface area contributed by atoms with E-state index in [1.54, 1.807) is 0 Å². The van der Waals surface area contributed by atoms with Crippen molar-refractivity contribution in [2.75, 3.05) is 7.11 Å². The van der Waals surface area contributed by atoms with Crippen molar-refractivity contribution >= 4 is 17.3 Å². The summed E-state index contributed by atoms with van der Waals surface area (Å²) >= 11 is 0. The van der Waals surface area contributed by atoms with Crippen LogP contribution in [-0.2, 0) is 14.3 Å². The number of benzene rings is 2. The summed E-state index contributed by atoms with van der Waals surface area (Å²) in [5, 5.41) is 0. The van der Waals surface area contributed by atoms with E-state index in [9.17, 15) is 4.79 Å². The average Bonchev–Trinajstić information content (AvgIpc) is 2.99. The Kier molecular flexibility index (Phi) is 4.99. The fraction of sp³-hybridized carbons (Fsp3) is 0.286. The Morgan fingerprint density at radius 1 is 1.08 bits per heavy atom. The quantitative estimate of drug-likeness (QED) is 0.574. The topological polar surface area (TPSA) is 35.5 Å². The van der Waals surface area contributed by atoms with Gasteiger partial charge in [-0.1, -0.05) is 67.9 Å². The van der Waals surface area contributed by atoms with Gasteiger partial charge in [0.05, 0.1) is 7.11 Å². The molecule has 1 atom stereocenters. The number of carbonyl (C=O) groups is 1. The van der Waals surface area contributed by atoms with Crippen molar-refractivity contribution in [3.05, 3.63) is 71.3 Å². The molecule has 0 N–H and O–H groups in total. The molecule has 0 amide bonds. The van der Waals surface area contributed by atoms with Gasteiger partial charge >= 0.3 is 5.97 Å². The molecule has 0 spiro atoms. The number of esters is 1. The van der Waals surface area contributed by atoms with Crippen molar-refractivity contribution < 1.29 is 14.3 Å². The first-order valence-corrected chi connectivity index (χ1v) is 8.40. The van der Waals surface area contributed by atoms with E-state index in [0.717, 1.165) is 36.0 Å². The van der Waals surface area contributed by atoms with Crippen LogP contribution in [0.25, 0.3) is 11.3 Å². The van der Waals surface area contributed by atoms with Gasteiger partial charge in [0, 0.05) is 11.1 Å². The molecular formula is C21H22O3. The van der Waals surface area contributed by atoms with Crippen LogP contribution in [-0.4, -0.2) is 13.1 Å².